The van der Waals surface area contributed by atoms with Crippen LogP contribution >= 0.6 is 0 Å². The Labute approximate surface area is 171 Å². The van der Waals surface area contributed by atoms with Crippen LogP contribution in [0, 0.1) is 0 Å². The first-order valence-electron chi connectivity index (χ1n) is 9.90. The summed E-state index contributed by atoms with van der Waals surface area (Å²) in [6, 6.07) is 22.7. The number of pyridine rings is 1. The van der Waals surface area contributed by atoms with Crippen LogP contribution in [0.2, 0.25) is 0 Å². The molecule has 8 bridgehead atoms. The topological polar surface area (TPSA) is 76.0 Å². The number of rotatable bonds is 1. The van der Waals surface area contributed by atoms with Crippen LogP contribution in [0.3, 0.4) is 0 Å². The average Bonchev–Trinajstić information content (AvgIpc) is 3.54. The molecule has 5 heteroatoms. The smallest absolute Gasteiger partial charge is 0.0743 e. The molecule has 0 radical (unpaired) electrons. The van der Waals surface area contributed by atoms with Crippen LogP contribution in [-0.2, 0) is 0 Å². The lowest BCUT2D eigenvalue weighted by Gasteiger charge is -2.04. The first kappa shape index (κ1) is 16.7. The van der Waals surface area contributed by atoms with E-state index >= 15 is 0 Å². The van der Waals surface area contributed by atoms with Gasteiger partial charge in [-0.05, 0) is 78.9 Å². The van der Waals surface area contributed by atoms with Crippen LogP contribution < -0.4 is 21.4 Å². The molecule has 0 aliphatic carbocycles. The Morgan fingerprint density at radius 1 is 0.533 bits per heavy atom. The predicted molar refractivity (Wildman–Crippen MR) is 118 cm³/mol. The van der Waals surface area contributed by atoms with Crippen LogP contribution in [-0.4, -0.2) is 24.9 Å². The first-order chi connectivity index (χ1) is 14.8. The number of nitrogens with one attached hydrogen (secondary N) is 4. The molecule has 0 unspecified atom stereocenters. The molecular weight excluding hydrogens is 370 g/mol. The third-order valence-electron chi connectivity index (χ3n) is 5.27. The second-order valence-electron chi connectivity index (χ2n) is 7.42. The van der Waals surface area contributed by atoms with E-state index < -0.39 is 0 Å². The van der Waals surface area contributed by atoms with Crippen LogP contribution in [0.25, 0.3) is 23.8 Å². The molecule has 1 aliphatic heterocycles. The number of aromatic nitrogens is 5. The lowest BCUT2D eigenvalue weighted by Crippen LogP contribution is -2.15. The van der Waals surface area contributed by atoms with Gasteiger partial charge in [-0.15, -0.1) is 0 Å². The molecule has 30 heavy (non-hydrogen) atoms. The Hall–Kier alpha value is -4.25. The Bertz CT molecular complexity index is 1590. The molecule has 0 saturated heterocycles. The van der Waals surface area contributed by atoms with Crippen molar-refractivity contribution in [3.8, 4) is 0 Å². The van der Waals surface area contributed by atoms with Crippen LogP contribution in [0.15, 0.2) is 72.9 Å². The zero-order valence-corrected chi connectivity index (χ0v) is 16.1. The van der Waals surface area contributed by atoms with Gasteiger partial charge in [0.1, 0.15) is 0 Å². The molecule has 0 atom stereocenters. The minimum atomic E-state index is 0.916. The van der Waals surface area contributed by atoms with Crippen molar-refractivity contribution in [1.82, 2.24) is 24.9 Å². The van der Waals surface area contributed by atoms with Crippen molar-refractivity contribution in [1.29, 1.82) is 0 Å². The van der Waals surface area contributed by atoms with Crippen molar-refractivity contribution in [3.63, 3.8) is 0 Å². The molecule has 5 aromatic heterocycles. The van der Waals surface area contributed by atoms with Crippen LogP contribution in [0.5, 0.6) is 0 Å². The number of H-pyrrole nitrogens is 4. The highest BCUT2D eigenvalue weighted by molar-refractivity contribution is 5.75. The molecule has 6 rings (SSSR count). The Balaban J connectivity index is 1.68. The maximum absolute atomic E-state index is 4.61. The fourth-order valence-corrected chi connectivity index (χ4v) is 3.91. The van der Waals surface area contributed by atoms with Gasteiger partial charge in [-0.3, -0.25) is 4.98 Å². The van der Waals surface area contributed by atoms with E-state index in [4.69, 9.17) is 0 Å². The summed E-state index contributed by atoms with van der Waals surface area (Å²) in [7, 11) is 0. The fourth-order valence-electron chi connectivity index (χ4n) is 3.91. The minimum absolute atomic E-state index is 0.916. The van der Waals surface area contributed by atoms with Gasteiger partial charge in [0.05, 0.1) is 16.7 Å². The maximum Gasteiger partial charge on any atom is 0.0743 e. The molecule has 6 heterocycles. The first-order valence-corrected chi connectivity index (χ1v) is 9.90. The molecule has 0 aromatic carbocycles. The van der Waals surface area contributed by atoms with Gasteiger partial charge in [-0.25, -0.2) is 0 Å². The predicted octanol–water partition coefficient (Wildman–Crippen LogP) is 1.44. The van der Waals surface area contributed by atoms with E-state index in [0.29, 0.717) is 0 Å². The van der Waals surface area contributed by atoms with E-state index in [1.807, 2.05) is 24.4 Å². The lowest BCUT2D eigenvalue weighted by atomic mass is 10.1. The fraction of sp³-hybridized carbons (Fsp3) is 0. The minimum Gasteiger partial charge on any atom is -0.355 e. The third-order valence-corrected chi connectivity index (χ3v) is 5.27. The van der Waals surface area contributed by atoms with Gasteiger partial charge in [0, 0.05) is 44.9 Å². The zero-order valence-electron chi connectivity index (χ0n) is 16.1. The van der Waals surface area contributed by atoms with Crippen LogP contribution in [0.4, 0.5) is 0 Å². The average molecular weight is 389 g/mol. The zero-order chi connectivity index (χ0) is 19.9. The Kier molecular flexibility index (Phi) is 3.71. The van der Waals surface area contributed by atoms with Crippen molar-refractivity contribution in [2.45, 2.75) is 0 Å². The molecule has 0 saturated carbocycles. The van der Waals surface area contributed by atoms with Crippen LogP contribution in [0.1, 0.15) is 28.5 Å². The Morgan fingerprint density at radius 3 is 1.93 bits per heavy atom. The van der Waals surface area contributed by atoms with E-state index in [2.05, 4.69) is 91.7 Å². The molecule has 5 nitrogen and oxygen atoms in total. The van der Waals surface area contributed by atoms with Crippen molar-refractivity contribution in [3.05, 3.63) is 123 Å². The summed E-state index contributed by atoms with van der Waals surface area (Å²) in [5.41, 5.74) is 6.09. The second kappa shape index (κ2) is 6.67. The largest absolute Gasteiger partial charge is 0.355 e. The number of hydrogen-bond acceptors (Lipinski definition) is 1. The van der Waals surface area contributed by atoms with E-state index in [0.717, 1.165) is 55.4 Å². The normalized spacial score (nSPS) is 12.7. The molecule has 0 spiro atoms. The van der Waals surface area contributed by atoms with Gasteiger partial charge in [0.2, 0.25) is 0 Å². The van der Waals surface area contributed by atoms with Gasteiger partial charge in [0.25, 0.3) is 0 Å². The summed E-state index contributed by atoms with van der Waals surface area (Å²) in [6.45, 7) is 0. The van der Waals surface area contributed by atoms with Gasteiger partial charge < -0.3 is 19.9 Å². The van der Waals surface area contributed by atoms with E-state index in [1.54, 1.807) is 0 Å². The van der Waals surface area contributed by atoms with Crippen molar-refractivity contribution >= 4 is 23.8 Å². The molecule has 4 N–H and O–H groups in total. The maximum atomic E-state index is 4.61. The summed E-state index contributed by atoms with van der Waals surface area (Å²) < 4.78 is 0. The quantitative estimate of drug-likeness (QED) is 0.338. The standard InChI is InChI=1S/C25H19N5/c1-2-12-26-22(3-1)25-23-10-8-20(29-23)14-18-6-4-16(27-18)13-17-5-7-19(28-17)15-21-9-11-24(25)30-21/h1-15,27-30H. The summed E-state index contributed by atoms with van der Waals surface area (Å²) >= 11 is 0. The Morgan fingerprint density at radius 2 is 1.20 bits per heavy atom. The highest BCUT2D eigenvalue weighted by Crippen LogP contribution is 2.18. The highest BCUT2D eigenvalue weighted by Gasteiger charge is 2.10. The van der Waals surface area contributed by atoms with E-state index in [9.17, 15) is 0 Å². The molecule has 5 aromatic rings. The van der Waals surface area contributed by atoms with Gasteiger partial charge >= 0.3 is 0 Å². The van der Waals surface area contributed by atoms with Crippen molar-refractivity contribution < 1.29 is 0 Å². The summed E-state index contributed by atoms with van der Waals surface area (Å²) in [6.07, 6.45) is 8.14. The number of aromatic amines is 4. The third kappa shape index (κ3) is 3.02. The second-order valence-corrected chi connectivity index (χ2v) is 7.42. The highest BCUT2D eigenvalue weighted by atomic mass is 14.8. The van der Waals surface area contributed by atoms with Gasteiger partial charge in [-0.1, -0.05) is 6.07 Å². The van der Waals surface area contributed by atoms with Gasteiger partial charge in [0.15, 0.2) is 0 Å². The molecule has 0 amide bonds. The van der Waals surface area contributed by atoms with Gasteiger partial charge in [-0.2, -0.15) is 0 Å². The summed E-state index contributed by atoms with van der Waals surface area (Å²) in [5.74, 6) is 0. The van der Waals surface area contributed by atoms with E-state index in [1.165, 1.54) is 0 Å². The molecular formula is C25H19N5. The van der Waals surface area contributed by atoms with Crippen molar-refractivity contribution in [2.75, 3.05) is 0 Å². The lowest BCUT2D eigenvalue weighted by molar-refractivity contribution is 1.19. The van der Waals surface area contributed by atoms with E-state index in [-0.39, 0.29) is 0 Å². The molecule has 144 valence electrons. The monoisotopic (exact) mass is 389 g/mol. The number of hydrogen-bond donors (Lipinski definition) is 4. The molecule has 1 aliphatic rings. The van der Waals surface area contributed by atoms with Crippen molar-refractivity contribution in [2.24, 2.45) is 0 Å². The number of nitrogens with zero attached hydrogens (tertiary/aromatic N) is 1. The summed E-state index contributed by atoms with van der Waals surface area (Å²) in [5, 5.41) is 4.14. The number of fused-ring (bicyclic) bond motifs is 8. The molecule has 0 fully saturated rings. The SMILES string of the molecule is C1=c2ccc([nH]2)=Cc2ccc([nH]2)C(c2ccccn2)=c2ccc([nH]2)=Cc2ccc1[nH]2. The summed E-state index contributed by atoms with van der Waals surface area (Å²) in [4.78, 5) is 18.6.